The number of non-ortho nitro benzene ring substituents is 1. The van der Waals surface area contributed by atoms with Crippen molar-refractivity contribution in [2.45, 2.75) is 78.9 Å². The van der Waals surface area contributed by atoms with Crippen LogP contribution in [0.2, 0.25) is 0 Å². The molecule has 0 aliphatic carbocycles. The summed E-state index contributed by atoms with van der Waals surface area (Å²) >= 11 is 0. The molecule has 1 saturated heterocycles. The minimum Gasteiger partial charge on any atom is -0.409 e. The van der Waals surface area contributed by atoms with E-state index in [1.807, 2.05) is 0 Å². The highest BCUT2D eigenvalue weighted by atomic mass is 16.6. The van der Waals surface area contributed by atoms with Crippen LogP contribution in [-0.4, -0.2) is 75.8 Å². The smallest absolute Gasteiger partial charge is 0.409 e. The van der Waals surface area contributed by atoms with Gasteiger partial charge < -0.3 is 20.3 Å². The molecule has 0 unspecified atom stereocenters. The van der Waals surface area contributed by atoms with E-state index in [9.17, 15) is 34.1 Å². The van der Waals surface area contributed by atoms with Crippen LogP contribution in [0, 0.1) is 22.0 Å². The Balaban J connectivity index is 2.14. The quantitative estimate of drug-likeness (QED) is 0.265. The van der Waals surface area contributed by atoms with Crippen molar-refractivity contribution in [3.05, 3.63) is 34.4 Å². The first-order valence-corrected chi connectivity index (χ1v) is 13.7. The van der Waals surface area contributed by atoms with Gasteiger partial charge >= 0.3 is 6.09 Å². The number of nitro benzene ring substituents is 1. The van der Waals surface area contributed by atoms with Crippen molar-refractivity contribution in [1.82, 2.24) is 26.0 Å². The minimum absolute atomic E-state index is 0.0584. The first kappa shape index (κ1) is 33.0. The number of nitro groups is 1. The van der Waals surface area contributed by atoms with Crippen LogP contribution in [0.15, 0.2) is 24.3 Å². The number of ether oxygens (including phenoxy) is 1. The van der Waals surface area contributed by atoms with Gasteiger partial charge in [0, 0.05) is 32.1 Å². The van der Waals surface area contributed by atoms with Gasteiger partial charge in [-0.1, -0.05) is 34.6 Å². The van der Waals surface area contributed by atoms with Crippen LogP contribution in [0.25, 0.3) is 0 Å². The molecule has 1 aromatic carbocycles. The van der Waals surface area contributed by atoms with Gasteiger partial charge in [0.15, 0.2) is 0 Å². The van der Waals surface area contributed by atoms with Crippen molar-refractivity contribution >= 4 is 35.4 Å². The largest absolute Gasteiger partial charge is 0.434 e. The Labute approximate surface area is 239 Å². The highest BCUT2D eigenvalue weighted by Crippen LogP contribution is 2.22. The Morgan fingerprint density at radius 2 is 1.66 bits per heavy atom. The Hall–Kier alpha value is -4.23. The van der Waals surface area contributed by atoms with Gasteiger partial charge in [0.05, 0.1) is 4.92 Å². The van der Waals surface area contributed by atoms with E-state index >= 15 is 0 Å². The number of nitrogens with zero attached hydrogens (tertiary/aromatic N) is 3. The summed E-state index contributed by atoms with van der Waals surface area (Å²) in [5.74, 6) is -2.36. The Morgan fingerprint density at radius 3 is 2.17 bits per heavy atom. The zero-order valence-corrected chi connectivity index (χ0v) is 24.3. The summed E-state index contributed by atoms with van der Waals surface area (Å²) in [7, 11) is 0. The van der Waals surface area contributed by atoms with Gasteiger partial charge in [-0.15, -0.1) is 0 Å². The number of benzene rings is 1. The normalized spacial score (nSPS) is 16.1. The summed E-state index contributed by atoms with van der Waals surface area (Å²) in [6.07, 6.45) is 0.489. The van der Waals surface area contributed by atoms with Gasteiger partial charge in [-0.05, 0) is 43.2 Å². The van der Waals surface area contributed by atoms with Crippen LogP contribution in [0.1, 0.15) is 60.8 Å². The highest BCUT2D eigenvalue weighted by Gasteiger charge is 2.40. The number of likely N-dealkylation sites (tertiary alicyclic amines) is 1. The summed E-state index contributed by atoms with van der Waals surface area (Å²) in [4.78, 5) is 76.0. The van der Waals surface area contributed by atoms with Gasteiger partial charge in [-0.25, -0.2) is 9.80 Å². The molecule has 0 aromatic heterocycles. The lowest BCUT2D eigenvalue weighted by molar-refractivity contribution is -0.384. The van der Waals surface area contributed by atoms with Crippen molar-refractivity contribution < 1.29 is 33.6 Å². The topological polar surface area (TPSA) is 180 Å². The fraction of sp³-hybridized carbons (Fsp3) is 0.593. The molecule has 3 N–H and O–H groups in total. The summed E-state index contributed by atoms with van der Waals surface area (Å²) < 4.78 is 5.28. The highest BCUT2D eigenvalue weighted by molar-refractivity contribution is 5.95. The van der Waals surface area contributed by atoms with Gasteiger partial charge in [0.25, 0.3) is 11.6 Å². The number of carbonyl (C=O) groups excluding carboxylic acids is 5. The Bertz CT molecular complexity index is 1120. The molecule has 226 valence electrons. The summed E-state index contributed by atoms with van der Waals surface area (Å²) in [5, 5.41) is 17.2. The molecular weight excluding hydrogens is 536 g/mol. The van der Waals surface area contributed by atoms with Crippen molar-refractivity contribution in [3.8, 4) is 5.75 Å². The molecule has 5 amide bonds. The third-order valence-corrected chi connectivity index (χ3v) is 6.54. The molecule has 0 saturated carbocycles. The minimum atomic E-state index is -0.940. The van der Waals surface area contributed by atoms with E-state index in [-0.39, 0.29) is 42.3 Å². The summed E-state index contributed by atoms with van der Waals surface area (Å²) in [6, 6.07) is 2.27. The average molecular weight is 577 g/mol. The van der Waals surface area contributed by atoms with Crippen LogP contribution in [-0.2, 0) is 19.2 Å². The molecule has 2 rings (SSSR count). The summed E-state index contributed by atoms with van der Waals surface area (Å²) in [5.41, 5.74) is 2.37. The van der Waals surface area contributed by atoms with Crippen LogP contribution in [0.3, 0.4) is 0 Å². The lowest BCUT2D eigenvalue weighted by Gasteiger charge is -2.33. The number of hydrazine groups is 1. The molecule has 0 radical (unpaired) electrons. The van der Waals surface area contributed by atoms with Gasteiger partial charge in [0.2, 0.25) is 17.7 Å². The second-order valence-corrected chi connectivity index (χ2v) is 10.6. The number of nitrogens with one attached hydrogen (secondary N) is 3. The van der Waals surface area contributed by atoms with Gasteiger partial charge in [-0.2, -0.15) is 0 Å². The molecule has 1 aromatic rings. The van der Waals surface area contributed by atoms with Crippen LogP contribution in [0.4, 0.5) is 10.5 Å². The van der Waals surface area contributed by atoms with E-state index in [2.05, 4.69) is 16.1 Å². The van der Waals surface area contributed by atoms with Crippen LogP contribution >= 0.6 is 0 Å². The monoisotopic (exact) mass is 576 g/mol. The van der Waals surface area contributed by atoms with Crippen molar-refractivity contribution in [1.29, 1.82) is 0 Å². The molecular formula is C27H40N6O8. The third-order valence-electron chi connectivity index (χ3n) is 6.54. The first-order valence-electron chi connectivity index (χ1n) is 13.7. The van der Waals surface area contributed by atoms with E-state index in [0.717, 1.165) is 5.01 Å². The fourth-order valence-corrected chi connectivity index (χ4v) is 4.41. The van der Waals surface area contributed by atoms with E-state index in [1.54, 1.807) is 34.6 Å². The van der Waals surface area contributed by atoms with Crippen molar-refractivity contribution in [2.24, 2.45) is 11.8 Å². The van der Waals surface area contributed by atoms with Crippen LogP contribution in [0.5, 0.6) is 5.75 Å². The van der Waals surface area contributed by atoms with E-state index in [1.165, 1.54) is 36.1 Å². The number of hydrogen-bond acceptors (Lipinski definition) is 8. The zero-order chi connectivity index (χ0) is 30.9. The number of amides is 5. The molecule has 1 aliphatic rings. The fourth-order valence-electron chi connectivity index (χ4n) is 4.41. The van der Waals surface area contributed by atoms with E-state index in [0.29, 0.717) is 19.3 Å². The Kier molecular flexibility index (Phi) is 12.0. The van der Waals surface area contributed by atoms with E-state index < -0.39 is 46.9 Å². The molecule has 14 heteroatoms. The standard InChI is InChI=1S/C27H40N6O8/c1-7-14-32(27(38)41-20-12-10-19(11-13-20)33(39)40)30-24(35)21-9-8-15-31(21)26(37)23(17(4)5)29-25(36)22(16(2)3)28-18(6)34/h10-13,16-17,21-23H,7-9,14-15H2,1-6H3,(H,28,34)(H,29,36)(H,30,35)/t21-,22-,23-/m0/s1. The zero-order valence-electron chi connectivity index (χ0n) is 24.3. The predicted molar refractivity (Wildman–Crippen MR) is 148 cm³/mol. The average Bonchev–Trinajstić information content (AvgIpc) is 3.39. The SMILES string of the molecule is CCCN(NC(=O)[C@@H]1CCCN1C(=O)[C@@H](NC(=O)[C@@H](NC(C)=O)C(C)C)C(C)C)C(=O)Oc1ccc([N+](=O)[O-])cc1. The second-order valence-electron chi connectivity index (χ2n) is 10.6. The molecule has 3 atom stereocenters. The number of rotatable bonds is 11. The molecule has 0 spiro atoms. The van der Waals surface area contributed by atoms with Crippen molar-refractivity contribution in [3.63, 3.8) is 0 Å². The molecule has 1 aliphatic heterocycles. The van der Waals surface area contributed by atoms with Crippen LogP contribution < -0.4 is 20.8 Å². The van der Waals surface area contributed by atoms with Gasteiger partial charge in [0.1, 0.15) is 23.9 Å². The first-order chi connectivity index (χ1) is 19.3. The molecule has 41 heavy (non-hydrogen) atoms. The molecule has 0 bridgehead atoms. The maximum atomic E-state index is 13.6. The van der Waals surface area contributed by atoms with Crippen molar-refractivity contribution in [2.75, 3.05) is 13.1 Å². The maximum Gasteiger partial charge on any atom is 0.434 e. The molecule has 1 fully saturated rings. The predicted octanol–water partition coefficient (Wildman–Crippen LogP) is 2.13. The Morgan fingerprint density at radius 1 is 1.05 bits per heavy atom. The number of carbonyl (C=O) groups is 5. The van der Waals surface area contributed by atoms with E-state index in [4.69, 9.17) is 4.74 Å². The third kappa shape index (κ3) is 9.15. The maximum absolute atomic E-state index is 13.6. The lowest BCUT2D eigenvalue weighted by atomic mass is 9.99. The summed E-state index contributed by atoms with van der Waals surface area (Å²) in [6.45, 7) is 10.6. The molecule has 1 heterocycles. The molecule has 14 nitrogen and oxygen atoms in total. The second kappa shape index (κ2) is 15.0. The van der Waals surface area contributed by atoms with Gasteiger partial charge in [-0.3, -0.25) is 34.7 Å². The number of hydrogen-bond donors (Lipinski definition) is 3. The lowest BCUT2D eigenvalue weighted by Crippen LogP contribution is -2.60.